The van der Waals surface area contributed by atoms with Crippen molar-refractivity contribution in [3.05, 3.63) is 29.8 Å². The second kappa shape index (κ2) is 3.04. The Balaban J connectivity index is 2.23. The molecule has 3 nitrogen and oxygen atoms in total. The van der Waals surface area contributed by atoms with Crippen LogP contribution >= 0.6 is 0 Å². The Morgan fingerprint density at radius 3 is 2.88 bits per heavy atom. The number of halogens is 1. The van der Waals surface area contributed by atoms with Gasteiger partial charge in [-0.15, -0.1) is 0 Å². The maximum absolute atomic E-state index is 13.1. The molecule has 1 aromatic heterocycles. The molecule has 1 heterocycles. The van der Waals surface area contributed by atoms with Gasteiger partial charge in [0.2, 0.25) is 0 Å². The van der Waals surface area contributed by atoms with E-state index in [1.54, 1.807) is 6.07 Å². The third kappa shape index (κ3) is 1.19. The second-order valence-corrected chi connectivity index (χ2v) is 4.61. The van der Waals surface area contributed by atoms with E-state index < -0.39 is 0 Å². The van der Waals surface area contributed by atoms with Gasteiger partial charge < -0.3 is 10.3 Å². The van der Waals surface area contributed by atoms with Gasteiger partial charge >= 0.3 is 0 Å². The Labute approximate surface area is 93.1 Å². The van der Waals surface area contributed by atoms with Crippen LogP contribution in [0.25, 0.3) is 11.0 Å². The van der Waals surface area contributed by atoms with Gasteiger partial charge in [-0.2, -0.15) is 0 Å². The van der Waals surface area contributed by atoms with Crippen molar-refractivity contribution in [3.8, 4) is 0 Å². The van der Waals surface area contributed by atoms with Gasteiger partial charge in [-0.3, -0.25) is 0 Å². The molecule has 2 N–H and O–H groups in total. The zero-order chi connectivity index (χ0) is 11.3. The number of benzene rings is 1. The van der Waals surface area contributed by atoms with E-state index in [9.17, 15) is 4.39 Å². The first kappa shape index (κ1) is 9.78. The highest BCUT2D eigenvalue weighted by Crippen LogP contribution is 2.47. The Morgan fingerprint density at radius 2 is 2.25 bits per heavy atom. The number of nitrogens with zero attached hydrogens (tertiary/aromatic N) is 2. The van der Waals surface area contributed by atoms with E-state index in [1.807, 2.05) is 11.6 Å². The van der Waals surface area contributed by atoms with Crippen LogP contribution in [0.2, 0.25) is 0 Å². The smallest absolute Gasteiger partial charge is 0.125 e. The van der Waals surface area contributed by atoms with Gasteiger partial charge in [-0.1, -0.05) is 0 Å². The average molecular weight is 219 g/mol. The lowest BCUT2D eigenvalue weighted by Crippen LogP contribution is -2.23. The van der Waals surface area contributed by atoms with Crippen LogP contribution in [0.5, 0.6) is 0 Å². The van der Waals surface area contributed by atoms with Crippen molar-refractivity contribution < 1.29 is 4.39 Å². The van der Waals surface area contributed by atoms with Gasteiger partial charge in [0.15, 0.2) is 0 Å². The Bertz CT molecular complexity index is 555. The summed E-state index contributed by atoms with van der Waals surface area (Å²) in [6, 6.07) is 4.72. The van der Waals surface area contributed by atoms with Crippen molar-refractivity contribution in [1.82, 2.24) is 9.55 Å². The zero-order valence-corrected chi connectivity index (χ0v) is 9.20. The van der Waals surface area contributed by atoms with E-state index in [2.05, 4.69) is 4.98 Å². The van der Waals surface area contributed by atoms with Gasteiger partial charge in [0.1, 0.15) is 11.6 Å². The van der Waals surface area contributed by atoms with Crippen LogP contribution in [0.3, 0.4) is 0 Å². The van der Waals surface area contributed by atoms with Crippen molar-refractivity contribution in [2.45, 2.75) is 18.3 Å². The summed E-state index contributed by atoms with van der Waals surface area (Å²) in [5.41, 5.74) is 7.53. The minimum atomic E-state index is -0.241. The Hall–Kier alpha value is -1.42. The molecule has 0 bridgehead atoms. The Morgan fingerprint density at radius 1 is 1.50 bits per heavy atom. The molecule has 0 amide bonds. The molecule has 84 valence electrons. The predicted molar refractivity (Wildman–Crippen MR) is 60.6 cm³/mol. The first-order chi connectivity index (χ1) is 7.66. The van der Waals surface area contributed by atoms with E-state index in [0.29, 0.717) is 6.54 Å². The molecule has 1 fully saturated rings. The van der Waals surface area contributed by atoms with Crippen LogP contribution in [0.15, 0.2) is 18.2 Å². The summed E-state index contributed by atoms with van der Waals surface area (Å²) in [5.74, 6) is 0.755. The number of rotatable bonds is 2. The molecule has 1 saturated carbocycles. The van der Waals surface area contributed by atoms with E-state index >= 15 is 0 Å². The molecule has 0 spiro atoms. The lowest BCUT2D eigenvalue weighted by atomic mass is 10.1. The molecule has 2 aromatic rings. The number of aromatic nitrogens is 2. The SMILES string of the molecule is Cn1c(C2(CN)CC2)nc2cc(F)ccc21. The molecule has 1 aliphatic rings. The van der Waals surface area contributed by atoms with Crippen molar-refractivity contribution in [2.24, 2.45) is 12.8 Å². The summed E-state index contributed by atoms with van der Waals surface area (Å²) < 4.78 is 15.1. The number of hydrogen-bond acceptors (Lipinski definition) is 2. The molecule has 0 saturated heterocycles. The van der Waals surface area contributed by atoms with Crippen LogP contribution in [0, 0.1) is 5.82 Å². The summed E-state index contributed by atoms with van der Waals surface area (Å²) in [7, 11) is 1.97. The Kier molecular flexibility index (Phi) is 1.86. The van der Waals surface area contributed by atoms with Gasteiger partial charge in [-0.05, 0) is 25.0 Å². The van der Waals surface area contributed by atoms with Gasteiger partial charge in [0, 0.05) is 25.1 Å². The monoisotopic (exact) mass is 219 g/mol. The number of fused-ring (bicyclic) bond motifs is 1. The highest BCUT2D eigenvalue weighted by atomic mass is 19.1. The van der Waals surface area contributed by atoms with Crippen LogP contribution in [-0.2, 0) is 12.5 Å². The summed E-state index contributed by atoms with van der Waals surface area (Å²) in [4.78, 5) is 4.52. The maximum Gasteiger partial charge on any atom is 0.125 e. The van der Waals surface area contributed by atoms with Crippen LogP contribution in [0.4, 0.5) is 4.39 Å². The minimum Gasteiger partial charge on any atom is -0.331 e. The summed E-state index contributed by atoms with van der Waals surface area (Å²) in [5, 5.41) is 0. The molecule has 0 unspecified atom stereocenters. The standard InChI is InChI=1S/C12H14FN3/c1-16-10-3-2-8(13)6-9(10)15-11(16)12(7-14)4-5-12/h2-3,6H,4-5,7,14H2,1H3. The third-order valence-corrected chi connectivity index (χ3v) is 3.56. The van der Waals surface area contributed by atoms with E-state index in [1.165, 1.54) is 12.1 Å². The lowest BCUT2D eigenvalue weighted by Gasteiger charge is -2.11. The highest BCUT2D eigenvalue weighted by molar-refractivity contribution is 5.76. The average Bonchev–Trinajstić information content (AvgIpc) is 3.00. The molecule has 0 atom stereocenters. The molecular formula is C12H14FN3. The van der Waals surface area contributed by atoms with Crippen LogP contribution in [-0.4, -0.2) is 16.1 Å². The highest BCUT2D eigenvalue weighted by Gasteiger charge is 2.46. The predicted octanol–water partition coefficient (Wildman–Crippen LogP) is 1.70. The molecular weight excluding hydrogens is 205 g/mol. The molecule has 1 aliphatic carbocycles. The van der Waals surface area contributed by atoms with E-state index in [4.69, 9.17) is 5.73 Å². The zero-order valence-electron chi connectivity index (χ0n) is 9.20. The number of aryl methyl sites for hydroxylation is 1. The van der Waals surface area contributed by atoms with Gasteiger partial charge in [0.05, 0.1) is 11.0 Å². The topological polar surface area (TPSA) is 43.8 Å². The number of nitrogens with two attached hydrogens (primary N) is 1. The molecule has 3 rings (SSSR count). The maximum atomic E-state index is 13.1. The fourth-order valence-corrected chi connectivity index (χ4v) is 2.32. The van der Waals surface area contributed by atoms with Crippen molar-refractivity contribution in [1.29, 1.82) is 0 Å². The van der Waals surface area contributed by atoms with Crippen molar-refractivity contribution in [2.75, 3.05) is 6.54 Å². The molecule has 4 heteroatoms. The molecule has 1 aromatic carbocycles. The first-order valence-corrected chi connectivity index (χ1v) is 5.49. The first-order valence-electron chi connectivity index (χ1n) is 5.49. The van der Waals surface area contributed by atoms with E-state index in [0.717, 1.165) is 29.7 Å². The normalized spacial score (nSPS) is 17.9. The minimum absolute atomic E-state index is 0.0459. The van der Waals surface area contributed by atoms with Gasteiger partial charge in [0.25, 0.3) is 0 Å². The third-order valence-electron chi connectivity index (χ3n) is 3.56. The van der Waals surface area contributed by atoms with Crippen LogP contribution in [0.1, 0.15) is 18.7 Å². The molecule has 16 heavy (non-hydrogen) atoms. The van der Waals surface area contributed by atoms with Crippen molar-refractivity contribution in [3.63, 3.8) is 0 Å². The molecule has 0 aliphatic heterocycles. The lowest BCUT2D eigenvalue weighted by molar-refractivity contribution is 0.621. The summed E-state index contributed by atoms with van der Waals surface area (Å²) >= 11 is 0. The fourth-order valence-electron chi connectivity index (χ4n) is 2.32. The quantitative estimate of drug-likeness (QED) is 0.835. The van der Waals surface area contributed by atoms with E-state index in [-0.39, 0.29) is 11.2 Å². The fraction of sp³-hybridized carbons (Fsp3) is 0.417. The van der Waals surface area contributed by atoms with Crippen LogP contribution < -0.4 is 5.73 Å². The summed E-state index contributed by atoms with van der Waals surface area (Å²) in [6.07, 6.45) is 2.17. The summed E-state index contributed by atoms with van der Waals surface area (Å²) in [6.45, 7) is 0.618. The van der Waals surface area contributed by atoms with Gasteiger partial charge in [-0.25, -0.2) is 9.37 Å². The molecule has 0 radical (unpaired) electrons. The second-order valence-electron chi connectivity index (χ2n) is 4.61. The number of hydrogen-bond donors (Lipinski definition) is 1. The number of imidazole rings is 1. The van der Waals surface area contributed by atoms with Crippen molar-refractivity contribution >= 4 is 11.0 Å². The largest absolute Gasteiger partial charge is 0.331 e.